The number of rotatable bonds is 7. The Hall–Kier alpha value is -3.01. The summed E-state index contributed by atoms with van der Waals surface area (Å²) in [6.07, 6.45) is 3.43. The van der Waals surface area contributed by atoms with Crippen LogP contribution in [0.2, 0.25) is 0 Å². The number of hydrogen-bond donors (Lipinski definition) is 1. The number of aryl methyl sites for hydroxylation is 1. The summed E-state index contributed by atoms with van der Waals surface area (Å²) in [6, 6.07) is 4.35. The first kappa shape index (κ1) is 21.7. The summed E-state index contributed by atoms with van der Waals surface area (Å²) < 4.78 is 0. The number of nitrogens with zero attached hydrogens (tertiary/aromatic N) is 4. The molecule has 160 valence electrons. The molecule has 0 atom stereocenters. The molecule has 9 nitrogen and oxygen atoms in total. The standard InChI is InChI=1S/C20H25N5O4S/c1-13-19(30-20(22-13)24-9-5-4-6-10-24)18(27)14-7-8-15(16(11-14)25(28)29)23(3)12-17(26)21-2/h7-8,11H,4-6,9-10,12H2,1-3H3,(H,21,26). The fourth-order valence-electron chi connectivity index (χ4n) is 3.46. The van der Waals surface area contributed by atoms with Crippen LogP contribution in [0.4, 0.5) is 16.5 Å². The van der Waals surface area contributed by atoms with Gasteiger partial charge >= 0.3 is 0 Å². The van der Waals surface area contributed by atoms with Crippen LogP contribution in [-0.4, -0.2) is 55.3 Å². The van der Waals surface area contributed by atoms with Gasteiger partial charge in [0, 0.05) is 38.8 Å². The molecular formula is C20H25N5O4S. The highest BCUT2D eigenvalue weighted by molar-refractivity contribution is 7.17. The van der Waals surface area contributed by atoms with Crippen LogP contribution in [0, 0.1) is 17.0 Å². The Bertz CT molecular complexity index is 968. The lowest BCUT2D eigenvalue weighted by atomic mass is 10.1. The maximum absolute atomic E-state index is 13.1. The number of aromatic nitrogens is 1. The summed E-state index contributed by atoms with van der Waals surface area (Å²) in [4.78, 5) is 44.5. The molecule has 1 aromatic carbocycles. The molecule has 0 bridgehead atoms. The number of anilines is 2. The van der Waals surface area contributed by atoms with Gasteiger partial charge < -0.3 is 15.1 Å². The van der Waals surface area contributed by atoms with Crippen LogP contribution in [0.5, 0.6) is 0 Å². The van der Waals surface area contributed by atoms with Crippen molar-refractivity contribution in [2.24, 2.45) is 0 Å². The Morgan fingerprint density at radius 1 is 1.30 bits per heavy atom. The Morgan fingerprint density at radius 2 is 2.00 bits per heavy atom. The predicted molar refractivity (Wildman–Crippen MR) is 117 cm³/mol. The fraction of sp³-hybridized carbons (Fsp3) is 0.450. The van der Waals surface area contributed by atoms with E-state index in [1.54, 1.807) is 20.0 Å². The average Bonchev–Trinajstić information content (AvgIpc) is 3.14. The van der Waals surface area contributed by atoms with Crippen LogP contribution in [0.25, 0.3) is 0 Å². The highest BCUT2D eigenvalue weighted by atomic mass is 32.1. The molecule has 10 heteroatoms. The summed E-state index contributed by atoms with van der Waals surface area (Å²) in [5.74, 6) is -0.547. The molecule has 1 aliphatic rings. The van der Waals surface area contributed by atoms with Gasteiger partial charge in [0.1, 0.15) is 5.69 Å². The predicted octanol–water partition coefficient (Wildman–Crippen LogP) is 2.76. The molecule has 3 rings (SSSR count). The SMILES string of the molecule is CNC(=O)CN(C)c1ccc(C(=O)c2sc(N3CCCCC3)nc2C)cc1[N+](=O)[O-]. The number of nitrogens with one attached hydrogen (secondary N) is 1. The number of carbonyl (C=O) groups is 2. The Balaban J connectivity index is 1.89. The average molecular weight is 432 g/mol. The topological polar surface area (TPSA) is 109 Å². The molecule has 1 aliphatic heterocycles. The first-order valence-corrected chi connectivity index (χ1v) is 10.6. The first-order chi connectivity index (χ1) is 14.3. The van der Waals surface area contributed by atoms with Crippen molar-refractivity contribution in [3.63, 3.8) is 0 Å². The molecule has 0 aliphatic carbocycles. The lowest BCUT2D eigenvalue weighted by Crippen LogP contribution is -2.33. The van der Waals surface area contributed by atoms with E-state index in [-0.39, 0.29) is 35.2 Å². The zero-order valence-electron chi connectivity index (χ0n) is 17.3. The van der Waals surface area contributed by atoms with Gasteiger partial charge in [-0.25, -0.2) is 4.98 Å². The first-order valence-electron chi connectivity index (χ1n) is 9.79. The second-order valence-corrected chi connectivity index (χ2v) is 8.26. The van der Waals surface area contributed by atoms with Crippen LogP contribution < -0.4 is 15.1 Å². The van der Waals surface area contributed by atoms with E-state index in [9.17, 15) is 19.7 Å². The largest absolute Gasteiger partial charge is 0.360 e. The van der Waals surface area contributed by atoms with Gasteiger partial charge in [0.15, 0.2) is 5.13 Å². The molecule has 0 saturated carbocycles. The minimum atomic E-state index is -0.537. The third-order valence-electron chi connectivity index (χ3n) is 5.12. The summed E-state index contributed by atoms with van der Waals surface area (Å²) in [7, 11) is 3.10. The van der Waals surface area contributed by atoms with Gasteiger partial charge in [0.25, 0.3) is 5.69 Å². The van der Waals surface area contributed by atoms with E-state index in [2.05, 4.69) is 15.2 Å². The molecular weight excluding hydrogens is 406 g/mol. The zero-order chi connectivity index (χ0) is 21.8. The van der Waals surface area contributed by atoms with E-state index in [4.69, 9.17) is 0 Å². The van der Waals surface area contributed by atoms with Crippen LogP contribution in [-0.2, 0) is 4.79 Å². The number of nitro benzene ring substituents is 1. The number of likely N-dealkylation sites (N-methyl/N-ethyl adjacent to an activating group) is 2. The van der Waals surface area contributed by atoms with Crippen molar-refractivity contribution in [2.45, 2.75) is 26.2 Å². The number of ketones is 1. The minimum absolute atomic E-state index is 0.0300. The number of amides is 1. The second kappa shape index (κ2) is 9.21. The molecule has 1 saturated heterocycles. The Kier molecular flexibility index (Phi) is 6.66. The molecule has 0 radical (unpaired) electrons. The molecule has 1 N–H and O–H groups in total. The van der Waals surface area contributed by atoms with Crippen molar-refractivity contribution < 1.29 is 14.5 Å². The smallest absolute Gasteiger partial charge is 0.293 e. The Morgan fingerprint density at radius 3 is 2.63 bits per heavy atom. The summed E-state index contributed by atoms with van der Waals surface area (Å²) in [6.45, 7) is 3.62. The van der Waals surface area contributed by atoms with Gasteiger partial charge in [-0.2, -0.15) is 0 Å². The molecule has 1 aromatic heterocycles. The van der Waals surface area contributed by atoms with Crippen LogP contribution >= 0.6 is 11.3 Å². The molecule has 1 amide bonds. The van der Waals surface area contributed by atoms with Crippen molar-refractivity contribution in [3.05, 3.63) is 44.4 Å². The minimum Gasteiger partial charge on any atom is -0.360 e. The Labute approximate surface area is 178 Å². The monoisotopic (exact) mass is 431 g/mol. The van der Waals surface area contributed by atoms with Gasteiger partial charge in [-0.15, -0.1) is 0 Å². The number of piperidine rings is 1. The van der Waals surface area contributed by atoms with E-state index in [1.807, 2.05) is 0 Å². The molecule has 2 heterocycles. The summed E-state index contributed by atoms with van der Waals surface area (Å²) in [5.41, 5.74) is 0.922. The van der Waals surface area contributed by atoms with Crippen molar-refractivity contribution >= 4 is 39.5 Å². The molecule has 1 fully saturated rings. The van der Waals surface area contributed by atoms with Gasteiger partial charge in [0.05, 0.1) is 22.0 Å². The van der Waals surface area contributed by atoms with E-state index in [1.165, 1.54) is 41.8 Å². The van der Waals surface area contributed by atoms with E-state index < -0.39 is 4.92 Å². The van der Waals surface area contributed by atoms with E-state index in [0.717, 1.165) is 31.1 Å². The molecule has 2 aromatic rings. The zero-order valence-corrected chi connectivity index (χ0v) is 18.1. The van der Waals surface area contributed by atoms with Gasteiger partial charge in [0.2, 0.25) is 11.7 Å². The third kappa shape index (κ3) is 4.59. The summed E-state index contributed by atoms with van der Waals surface area (Å²) >= 11 is 1.34. The summed E-state index contributed by atoms with van der Waals surface area (Å²) in [5, 5.41) is 14.9. The van der Waals surface area contributed by atoms with Gasteiger partial charge in [-0.3, -0.25) is 19.7 Å². The molecule has 0 unspecified atom stereocenters. The maximum atomic E-state index is 13.1. The van der Waals surface area contributed by atoms with Crippen LogP contribution in [0.15, 0.2) is 18.2 Å². The van der Waals surface area contributed by atoms with Gasteiger partial charge in [-0.1, -0.05) is 11.3 Å². The molecule has 30 heavy (non-hydrogen) atoms. The van der Waals surface area contributed by atoms with E-state index in [0.29, 0.717) is 10.6 Å². The number of thiazole rings is 1. The lowest BCUT2D eigenvalue weighted by Gasteiger charge is -2.25. The van der Waals surface area contributed by atoms with Crippen molar-refractivity contribution in [1.29, 1.82) is 0 Å². The lowest BCUT2D eigenvalue weighted by molar-refractivity contribution is -0.384. The van der Waals surface area contributed by atoms with Crippen molar-refractivity contribution in [2.75, 3.05) is 43.5 Å². The normalized spacial score (nSPS) is 13.8. The number of nitro groups is 1. The third-order valence-corrected chi connectivity index (χ3v) is 6.34. The number of carbonyl (C=O) groups excluding carboxylic acids is 2. The number of hydrogen-bond acceptors (Lipinski definition) is 8. The van der Waals surface area contributed by atoms with Crippen molar-refractivity contribution in [3.8, 4) is 0 Å². The number of benzene rings is 1. The van der Waals surface area contributed by atoms with Crippen LogP contribution in [0.1, 0.15) is 40.2 Å². The quantitative estimate of drug-likeness (QED) is 0.408. The maximum Gasteiger partial charge on any atom is 0.293 e. The van der Waals surface area contributed by atoms with Gasteiger partial charge in [-0.05, 0) is 38.3 Å². The molecule has 0 spiro atoms. The second-order valence-electron chi connectivity index (χ2n) is 7.28. The fourth-order valence-corrected chi connectivity index (χ4v) is 4.54. The van der Waals surface area contributed by atoms with Crippen LogP contribution in [0.3, 0.4) is 0 Å². The van der Waals surface area contributed by atoms with E-state index >= 15 is 0 Å². The van der Waals surface area contributed by atoms with Crippen molar-refractivity contribution in [1.82, 2.24) is 10.3 Å². The highest BCUT2D eigenvalue weighted by Crippen LogP contribution is 2.33. The highest BCUT2D eigenvalue weighted by Gasteiger charge is 2.25.